The molecule has 2 bridgehead atoms. The summed E-state index contributed by atoms with van der Waals surface area (Å²) in [6.07, 6.45) is 7.42. The van der Waals surface area contributed by atoms with Gasteiger partial charge >= 0.3 is 0 Å². The van der Waals surface area contributed by atoms with Gasteiger partial charge < -0.3 is 10.0 Å². The second-order valence-electron chi connectivity index (χ2n) is 4.74. The molecular weight excluding hydrogens is 224 g/mol. The summed E-state index contributed by atoms with van der Waals surface area (Å²) in [5.41, 5.74) is 1.08. The van der Waals surface area contributed by atoms with Crippen LogP contribution < -0.4 is 4.90 Å². The molecule has 0 saturated carbocycles. The number of anilines is 1. The number of nitrogens with zero attached hydrogens (tertiary/aromatic N) is 2. The molecule has 1 N–H and O–H groups in total. The molecule has 1 aromatic heterocycles. The quantitative estimate of drug-likeness (QED) is 0.815. The number of pyridine rings is 1. The van der Waals surface area contributed by atoms with E-state index in [1.54, 1.807) is 12.4 Å². The third-order valence-corrected chi connectivity index (χ3v) is 4.03. The van der Waals surface area contributed by atoms with Crippen LogP contribution in [0.5, 0.6) is 0 Å². The zero-order valence-electron chi connectivity index (χ0n) is 9.01. The van der Waals surface area contributed by atoms with Gasteiger partial charge in [-0.2, -0.15) is 0 Å². The van der Waals surface area contributed by atoms with E-state index in [1.165, 1.54) is 12.8 Å². The minimum atomic E-state index is -0.130. The highest BCUT2D eigenvalue weighted by Crippen LogP contribution is 2.41. The summed E-state index contributed by atoms with van der Waals surface area (Å²) in [5, 5.41) is 10.5. The topological polar surface area (TPSA) is 36.4 Å². The molecule has 2 atom stereocenters. The van der Waals surface area contributed by atoms with Gasteiger partial charge in [-0.05, 0) is 31.7 Å². The van der Waals surface area contributed by atoms with E-state index in [-0.39, 0.29) is 6.10 Å². The van der Waals surface area contributed by atoms with Crippen molar-refractivity contribution in [3.63, 3.8) is 0 Å². The summed E-state index contributed by atoms with van der Waals surface area (Å²) in [7, 11) is 0. The largest absolute Gasteiger partial charge is 0.393 e. The van der Waals surface area contributed by atoms with E-state index in [1.807, 2.05) is 6.07 Å². The van der Waals surface area contributed by atoms with Crippen molar-refractivity contribution in [3.05, 3.63) is 23.5 Å². The zero-order valence-corrected chi connectivity index (χ0v) is 9.77. The van der Waals surface area contributed by atoms with Crippen molar-refractivity contribution in [2.75, 3.05) is 4.90 Å². The Kier molecular flexibility index (Phi) is 2.52. The molecule has 0 aliphatic carbocycles. The number of hydrogen-bond acceptors (Lipinski definition) is 3. The van der Waals surface area contributed by atoms with Crippen LogP contribution in [0.1, 0.15) is 25.7 Å². The smallest absolute Gasteiger partial charge is 0.0822 e. The molecule has 16 heavy (non-hydrogen) atoms. The van der Waals surface area contributed by atoms with Crippen LogP contribution in [0.25, 0.3) is 0 Å². The minimum absolute atomic E-state index is 0.130. The molecule has 2 unspecified atom stereocenters. The van der Waals surface area contributed by atoms with Crippen molar-refractivity contribution < 1.29 is 5.11 Å². The number of aromatic nitrogens is 1. The molecule has 4 heteroatoms. The van der Waals surface area contributed by atoms with Crippen LogP contribution >= 0.6 is 11.6 Å². The predicted octanol–water partition coefficient (Wildman–Crippen LogP) is 2.23. The molecule has 1 aromatic rings. The van der Waals surface area contributed by atoms with Crippen LogP contribution in [0.15, 0.2) is 18.5 Å². The first-order valence-corrected chi connectivity index (χ1v) is 6.19. The standard InChI is InChI=1S/C12H15ClN2O/c13-11-7-14-4-3-12(11)15-8-1-2-9(15)6-10(16)5-8/h3-4,7-10,16H,1-2,5-6H2. The first kappa shape index (κ1) is 10.4. The van der Waals surface area contributed by atoms with Gasteiger partial charge in [-0.25, -0.2) is 0 Å². The second kappa shape index (κ2) is 3.90. The molecule has 2 aliphatic heterocycles. The Hall–Kier alpha value is -0.800. The molecule has 0 amide bonds. The Morgan fingerprint density at radius 1 is 1.31 bits per heavy atom. The van der Waals surface area contributed by atoms with Crippen molar-refractivity contribution in [1.29, 1.82) is 0 Å². The maximum atomic E-state index is 9.75. The van der Waals surface area contributed by atoms with Crippen LogP contribution in [0, 0.1) is 0 Å². The van der Waals surface area contributed by atoms with Gasteiger partial charge in [-0.1, -0.05) is 11.6 Å². The summed E-state index contributed by atoms with van der Waals surface area (Å²) < 4.78 is 0. The summed E-state index contributed by atoms with van der Waals surface area (Å²) >= 11 is 6.19. The van der Waals surface area contributed by atoms with E-state index in [2.05, 4.69) is 9.88 Å². The lowest BCUT2D eigenvalue weighted by atomic mass is 9.99. The normalized spacial score (nSPS) is 33.1. The van der Waals surface area contributed by atoms with Gasteiger partial charge in [0.05, 0.1) is 16.8 Å². The number of piperidine rings is 1. The van der Waals surface area contributed by atoms with Crippen LogP contribution in [0.2, 0.25) is 5.02 Å². The Morgan fingerprint density at radius 2 is 2.00 bits per heavy atom. The number of halogens is 1. The van der Waals surface area contributed by atoms with Gasteiger partial charge in [0, 0.05) is 24.5 Å². The zero-order chi connectivity index (χ0) is 11.1. The number of fused-ring (bicyclic) bond motifs is 2. The number of aliphatic hydroxyl groups excluding tert-OH is 1. The van der Waals surface area contributed by atoms with Gasteiger partial charge in [-0.3, -0.25) is 4.98 Å². The Balaban J connectivity index is 1.94. The lowest BCUT2D eigenvalue weighted by Gasteiger charge is -2.39. The molecule has 2 saturated heterocycles. The van der Waals surface area contributed by atoms with Crippen molar-refractivity contribution in [2.45, 2.75) is 43.9 Å². The molecule has 2 fully saturated rings. The fourth-order valence-corrected chi connectivity index (χ4v) is 3.34. The van der Waals surface area contributed by atoms with E-state index in [9.17, 15) is 5.11 Å². The van der Waals surface area contributed by atoms with Crippen molar-refractivity contribution in [2.24, 2.45) is 0 Å². The van der Waals surface area contributed by atoms with Crippen LogP contribution in [-0.2, 0) is 0 Å². The highest BCUT2D eigenvalue weighted by Gasteiger charge is 2.40. The van der Waals surface area contributed by atoms with Gasteiger partial charge in [0.2, 0.25) is 0 Å². The van der Waals surface area contributed by atoms with Gasteiger partial charge in [0.15, 0.2) is 0 Å². The summed E-state index contributed by atoms with van der Waals surface area (Å²) in [6.45, 7) is 0. The van der Waals surface area contributed by atoms with Crippen LogP contribution in [0.4, 0.5) is 5.69 Å². The molecule has 2 aliphatic rings. The second-order valence-corrected chi connectivity index (χ2v) is 5.15. The maximum Gasteiger partial charge on any atom is 0.0822 e. The molecular formula is C12H15ClN2O. The van der Waals surface area contributed by atoms with Gasteiger partial charge in [0.25, 0.3) is 0 Å². The van der Waals surface area contributed by atoms with E-state index in [0.717, 1.165) is 23.6 Å². The Morgan fingerprint density at radius 3 is 2.62 bits per heavy atom. The van der Waals surface area contributed by atoms with Crippen molar-refractivity contribution in [1.82, 2.24) is 4.98 Å². The van der Waals surface area contributed by atoms with Crippen LogP contribution in [0.3, 0.4) is 0 Å². The molecule has 0 spiro atoms. The Labute approximate surface area is 100 Å². The van der Waals surface area contributed by atoms with Crippen molar-refractivity contribution >= 4 is 17.3 Å². The summed E-state index contributed by atoms with van der Waals surface area (Å²) in [5.74, 6) is 0. The molecule has 3 rings (SSSR count). The maximum absolute atomic E-state index is 9.75. The highest BCUT2D eigenvalue weighted by atomic mass is 35.5. The molecule has 3 heterocycles. The average molecular weight is 239 g/mol. The van der Waals surface area contributed by atoms with E-state index >= 15 is 0 Å². The average Bonchev–Trinajstić information content (AvgIpc) is 2.53. The van der Waals surface area contributed by atoms with E-state index in [0.29, 0.717) is 12.1 Å². The van der Waals surface area contributed by atoms with E-state index in [4.69, 9.17) is 11.6 Å². The molecule has 0 aromatic carbocycles. The minimum Gasteiger partial charge on any atom is -0.393 e. The number of hydrogen-bond donors (Lipinski definition) is 1. The molecule has 3 nitrogen and oxygen atoms in total. The SMILES string of the molecule is OC1CC2CCC(C1)N2c1ccncc1Cl. The number of aliphatic hydroxyl groups is 1. The first-order valence-electron chi connectivity index (χ1n) is 5.81. The Bertz CT molecular complexity index is 384. The molecule has 86 valence electrons. The van der Waals surface area contributed by atoms with Gasteiger partial charge in [0.1, 0.15) is 0 Å². The third-order valence-electron chi connectivity index (χ3n) is 3.74. The van der Waals surface area contributed by atoms with E-state index < -0.39 is 0 Å². The third kappa shape index (κ3) is 1.59. The predicted molar refractivity (Wildman–Crippen MR) is 63.8 cm³/mol. The monoisotopic (exact) mass is 238 g/mol. The van der Waals surface area contributed by atoms with Crippen molar-refractivity contribution in [3.8, 4) is 0 Å². The fourth-order valence-electron chi connectivity index (χ4n) is 3.12. The first-order chi connectivity index (χ1) is 7.75. The van der Waals surface area contributed by atoms with Crippen LogP contribution in [-0.4, -0.2) is 28.3 Å². The highest BCUT2D eigenvalue weighted by molar-refractivity contribution is 6.33. The lowest BCUT2D eigenvalue weighted by Crippen LogP contribution is -2.44. The molecule has 0 radical (unpaired) electrons. The fraction of sp³-hybridized carbons (Fsp3) is 0.583. The van der Waals surface area contributed by atoms with Gasteiger partial charge in [-0.15, -0.1) is 0 Å². The summed E-state index contributed by atoms with van der Waals surface area (Å²) in [6, 6.07) is 2.88. The lowest BCUT2D eigenvalue weighted by molar-refractivity contribution is 0.126. The number of rotatable bonds is 1. The summed E-state index contributed by atoms with van der Waals surface area (Å²) in [4.78, 5) is 6.40.